The second-order valence-electron chi connectivity index (χ2n) is 3.60. The number of anilines is 2. The fourth-order valence-electron chi connectivity index (χ4n) is 1.43. The van der Waals surface area contributed by atoms with E-state index in [4.69, 9.17) is 12.2 Å². The van der Waals surface area contributed by atoms with Gasteiger partial charge in [-0.25, -0.2) is 0 Å². The summed E-state index contributed by atoms with van der Waals surface area (Å²) in [4.78, 5) is 0. The Morgan fingerprint density at radius 3 is 1.67 bits per heavy atom. The maximum atomic E-state index is 5.28. The Balaban J connectivity index is 2.01. The van der Waals surface area contributed by atoms with Crippen molar-refractivity contribution in [1.82, 2.24) is 0 Å². The zero-order valence-corrected chi connectivity index (χ0v) is 14.4. The van der Waals surface area contributed by atoms with Gasteiger partial charge in [0.05, 0.1) is 0 Å². The molecule has 5 heteroatoms. The van der Waals surface area contributed by atoms with Crippen molar-refractivity contribution in [3.8, 4) is 0 Å². The largest absolute Gasteiger partial charge is 0.332 e. The van der Waals surface area contributed by atoms with Crippen LogP contribution in [0.1, 0.15) is 0 Å². The standard InChI is InChI=1S/C13H10I2N2S/c14-9-3-1-5-11(7-9)16-13(18)17-12-6-2-4-10(15)8-12/h1-8H,(H2,16,17,18). The lowest BCUT2D eigenvalue weighted by atomic mass is 10.3. The fraction of sp³-hybridized carbons (Fsp3) is 0. The Hall–Kier alpha value is -0.410. The number of nitrogens with one attached hydrogen (secondary N) is 2. The Morgan fingerprint density at radius 1 is 0.833 bits per heavy atom. The van der Waals surface area contributed by atoms with Gasteiger partial charge in [-0.1, -0.05) is 12.1 Å². The van der Waals surface area contributed by atoms with E-state index in [2.05, 4.69) is 55.8 Å². The molecule has 18 heavy (non-hydrogen) atoms. The topological polar surface area (TPSA) is 24.1 Å². The lowest BCUT2D eigenvalue weighted by Gasteiger charge is -2.11. The summed E-state index contributed by atoms with van der Waals surface area (Å²) >= 11 is 9.83. The SMILES string of the molecule is S=C(Nc1cccc(I)c1)Nc1cccc(I)c1. The molecule has 2 aromatic rings. The molecule has 0 spiro atoms. The zero-order chi connectivity index (χ0) is 13.0. The van der Waals surface area contributed by atoms with Crippen LogP contribution in [0.5, 0.6) is 0 Å². The molecular formula is C13H10I2N2S. The van der Waals surface area contributed by atoms with Crippen molar-refractivity contribution in [2.24, 2.45) is 0 Å². The Kier molecular flexibility index (Phi) is 5.19. The molecule has 0 saturated carbocycles. The van der Waals surface area contributed by atoms with Crippen LogP contribution in [0.4, 0.5) is 11.4 Å². The predicted molar refractivity (Wildman–Crippen MR) is 98.2 cm³/mol. The molecule has 0 radical (unpaired) electrons. The Labute approximate surface area is 139 Å². The molecular weight excluding hydrogens is 470 g/mol. The van der Waals surface area contributed by atoms with Gasteiger partial charge in [-0.15, -0.1) is 0 Å². The number of hydrogen-bond acceptors (Lipinski definition) is 1. The number of hydrogen-bond donors (Lipinski definition) is 2. The molecule has 0 aliphatic heterocycles. The lowest BCUT2D eigenvalue weighted by Crippen LogP contribution is -2.19. The van der Waals surface area contributed by atoms with Gasteiger partial charge in [0.25, 0.3) is 0 Å². The van der Waals surface area contributed by atoms with E-state index in [1.54, 1.807) is 0 Å². The van der Waals surface area contributed by atoms with Crippen LogP contribution in [-0.2, 0) is 0 Å². The number of halogens is 2. The van der Waals surface area contributed by atoms with E-state index in [-0.39, 0.29) is 0 Å². The summed E-state index contributed by atoms with van der Waals surface area (Å²) < 4.78 is 2.35. The van der Waals surface area contributed by atoms with Crippen molar-refractivity contribution in [2.45, 2.75) is 0 Å². The van der Waals surface area contributed by atoms with Crippen LogP contribution in [0, 0.1) is 7.14 Å². The molecule has 0 heterocycles. The third kappa shape index (κ3) is 4.36. The van der Waals surface area contributed by atoms with E-state index in [1.165, 1.54) is 7.14 Å². The van der Waals surface area contributed by atoms with Crippen molar-refractivity contribution in [2.75, 3.05) is 10.6 Å². The zero-order valence-electron chi connectivity index (χ0n) is 9.28. The summed E-state index contributed by atoms with van der Waals surface area (Å²) in [6.07, 6.45) is 0. The summed E-state index contributed by atoms with van der Waals surface area (Å²) in [7, 11) is 0. The molecule has 0 bridgehead atoms. The van der Waals surface area contributed by atoms with Crippen LogP contribution in [0.3, 0.4) is 0 Å². The van der Waals surface area contributed by atoms with Crippen LogP contribution >= 0.6 is 57.4 Å². The molecule has 2 nitrogen and oxygen atoms in total. The summed E-state index contributed by atoms with van der Waals surface area (Å²) in [5.74, 6) is 0. The third-order valence-corrected chi connectivity index (χ3v) is 3.71. The molecule has 0 aromatic heterocycles. The van der Waals surface area contributed by atoms with E-state index < -0.39 is 0 Å². The highest BCUT2D eigenvalue weighted by Crippen LogP contribution is 2.15. The molecule has 0 atom stereocenters. The fourth-order valence-corrected chi connectivity index (χ4v) is 2.75. The Morgan fingerprint density at radius 2 is 1.28 bits per heavy atom. The summed E-state index contributed by atoms with van der Waals surface area (Å²) in [6.45, 7) is 0. The van der Waals surface area contributed by atoms with Crippen molar-refractivity contribution in [3.63, 3.8) is 0 Å². The van der Waals surface area contributed by atoms with E-state index in [1.807, 2.05) is 48.5 Å². The van der Waals surface area contributed by atoms with Gasteiger partial charge in [0.1, 0.15) is 0 Å². The van der Waals surface area contributed by atoms with Gasteiger partial charge in [-0.05, 0) is 93.8 Å². The van der Waals surface area contributed by atoms with Gasteiger partial charge >= 0.3 is 0 Å². The second-order valence-corrected chi connectivity index (χ2v) is 6.50. The van der Waals surface area contributed by atoms with E-state index in [9.17, 15) is 0 Å². The molecule has 0 unspecified atom stereocenters. The van der Waals surface area contributed by atoms with Gasteiger partial charge in [0.2, 0.25) is 0 Å². The van der Waals surface area contributed by atoms with Gasteiger partial charge in [0, 0.05) is 18.5 Å². The van der Waals surface area contributed by atoms with Crippen molar-refractivity contribution in [3.05, 3.63) is 55.7 Å². The molecule has 92 valence electrons. The summed E-state index contributed by atoms with van der Waals surface area (Å²) in [5.41, 5.74) is 1.98. The highest BCUT2D eigenvalue weighted by molar-refractivity contribution is 14.1. The van der Waals surface area contributed by atoms with Gasteiger partial charge < -0.3 is 10.6 Å². The lowest BCUT2D eigenvalue weighted by molar-refractivity contribution is 1.56. The predicted octanol–water partition coefficient (Wildman–Crippen LogP) is 4.70. The van der Waals surface area contributed by atoms with Crippen LogP contribution in [0.15, 0.2) is 48.5 Å². The van der Waals surface area contributed by atoms with Gasteiger partial charge in [-0.2, -0.15) is 0 Å². The minimum absolute atomic E-state index is 0.596. The monoisotopic (exact) mass is 480 g/mol. The molecule has 0 amide bonds. The van der Waals surface area contributed by atoms with Crippen molar-refractivity contribution < 1.29 is 0 Å². The smallest absolute Gasteiger partial charge is 0.175 e. The summed E-state index contributed by atoms with van der Waals surface area (Å²) in [5, 5.41) is 6.92. The molecule has 0 fully saturated rings. The third-order valence-electron chi connectivity index (χ3n) is 2.16. The number of benzene rings is 2. The van der Waals surface area contributed by atoms with Crippen molar-refractivity contribution >= 4 is 73.9 Å². The summed E-state index contributed by atoms with van der Waals surface area (Å²) in [6, 6.07) is 16.2. The first kappa shape index (κ1) is 14.0. The van der Waals surface area contributed by atoms with Gasteiger partial charge in [-0.3, -0.25) is 0 Å². The highest BCUT2D eigenvalue weighted by Gasteiger charge is 1.99. The van der Waals surface area contributed by atoms with E-state index in [0.29, 0.717) is 5.11 Å². The number of thiocarbonyl (C=S) groups is 1. The van der Waals surface area contributed by atoms with Gasteiger partial charge in [0.15, 0.2) is 5.11 Å². The molecule has 2 rings (SSSR count). The maximum Gasteiger partial charge on any atom is 0.175 e. The molecule has 0 saturated heterocycles. The normalized spacial score (nSPS) is 9.89. The van der Waals surface area contributed by atoms with Crippen molar-refractivity contribution in [1.29, 1.82) is 0 Å². The van der Waals surface area contributed by atoms with E-state index >= 15 is 0 Å². The second kappa shape index (κ2) is 6.67. The van der Waals surface area contributed by atoms with Crippen LogP contribution in [0.25, 0.3) is 0 Å². The Bertz CT molecular complexity index is 523. The molecule has 0 aliphatic carbocycles. The first-order chi connectivity index (χ1) is 8.63. The number of rotatable bonds is 2. The first-order valence-electron chi connectivity index (χ1n) is 5.22. The van der Waals surface area contributed by atoms with Crippen LogP contribution in [0.2, 0.25) is 0 Å². The average Bonchev–Trinajstić information content (AvgIpc) is 2.28. The first-order valence-corrected chi connectivity index (χ1v) is 7.79. The quantitative estimate of drug-likeness (QED) is 0.482. The van der Waals surface area contributed by atoms with E-state index in [0.717, 1.165) is 11.4 Å². The maximum absolute atomic E-state index is 5.28. The minimum Gasteiger partial charge on any atom is -0.332 e. The average molecular weight is 480 g/mol. The highest BCUT2D eigenvalue weighted by atomic mass is 127. The van der Waals surface area contributed by atoms with Crippen LogP contribution in [-0.4, -0.2) is 5.11 Å². The molecule has 0 aliphatic rings. The minimum atomic E-state index is 0.596. The molecule has 2 aromatic carbocycles. The van der Waals surface area contributed by atoms with Crippen LogP contribution < -0.4 is 10.6 Å². The molecule has 2 N–H and O–H groups in total.